The lowest BCUT2D eigenvalue weighted by Gasteiger charge is -2.24. The topological polar surface area (TPSA) is 200 Å². The van der Waals surface area contributed by atoms with E-state index in [9.17, 15) is 24.0 Å². The average Bonchev–Trinajstić information content (AvgIpc) is 2.92. The predicted octanol–water partition coefficient (Wildman–Crippen LogP) is 3.62. The van der Waals surface area contributed by atoms with Gasteiger partial charge in [0.1, 0.15) is 17.7 Å². The van der Waals surface area contributed by atoms with Crippen molar-refractivity contribution in [3.63, 3.8) is 0 Å². The van der Waals surface area contributed by atoms with E-state index in [1.807, 2.05) is 4.98 Å². The molecule has 1 amide bonds. The molecule has 1 atom stereocenters. The van der Waals surface area contributed by atoms with E-state index in [1.165, 1.54) is 18.2 Å². The van der Waals surface area contributed by atoms with Crippen molar-refractivity contribution >= 4 is 35.3 Å². The number of nitrogens with zero attached hydrogens (tertiary/aromatic N) is 5. The van der Waals surface area contributed by atoms with Crippen LogP contribution in [-0.4, -0.2) is 48.3 Å². The normalized spacial score (nSPS) is 12.0. The van der Waals surface area contributed by atoms with Gasteiger partial charge in [-0.25, -0.2) is 14.4 Å². The summed E-state index contributed by atoms with van der Waals surface area (Å²) in [6, 6.07) is 4.38. The van der Waals surface area contributed by atoms with E-state index in [-0.39, 0.29) is 44.8 Å². The number of hydrogen-bond acceptors (Lipinski definition) is 11. The van der Waals surface area contributed by atoms with Crippen molar-refractivity contribution in [2.24, 2.45) is 5.92 Å². The summed E-state index contributed by atoms with van der Waals surface area (Å²) in [4.78, 5) is 64.3. The number of amides is 1. The number of H-pyrrole nitrogens is 1. The van der Waals surface area contributed by atoms with Crippen LogP contribution in [0.5, 0.6) is 11.6 Å². The van der Waals surface area contributed by atoms with Crippen molar-refractivity contribution in [2.45, 2.75) is 72.8 Å². The number of ether oxygens (including phenoxy) is 3. The first-order valence-electron chi connectivity index (χ1n) is 13.5. The van der Waals surface area contributed by atoms with Gasteiger partial charge in [-0.05, 0) is 44.7 Å². The average molecular weight is 665 g/mol. The highest BCUT2D eigenvalue weighted by Gasteiger charge is 2.29. The van der Waals surface area contributed by atoms with Gasteiger partial charge in [0, 0.05) is 11.6 Å². The molecule has 0 radical (unpaired) electrons. The van der Waals surface area contributed by atoms with Gasteiger partial charge in [0.05, 0.1) is 15.7 Å². The fraction of sp³-hybridized carbons (Fsp3) is 0.429. The summed E-state index contributed by atoms with van der Waals surface area (Å²) in [6.45, 7) is 11.3. The van der Waals surface area contributed by atoms with E-state index < -0.39 is 52.9 Å². The second kappa shape index (κ2) is 14.0. The van der Waals surface area contributed by atoms with Crippen LogP contribution in [0.25, 0.3) is 5.69 Å². The number of carbonyl (C=O) groups is 2. The SMILES string of the molecule is CC(C)c1cc(Oc2c(Cl)cc(-n3nc(C#N)c(=O)[nH]c3=O)cc2Cl)nn(COC(=O)[C@@H](NC(=O)OC(C)(C)C)C(C)C)c1=O. The van der Waals surface area contributed by atoms with Gasteiger partial charge in [-0.2, -0.15) is 14.6 Å². The van der Waals surface area contributed by atoms with Crippen molar-refractivity contribution in [1.82, 2.24) is 29.9 Å². The molecule has 240 valence electrons. The molecule has 0 saturated carbocycles. The van der Waals surface area contributed by atoms with E-state index in [0.29, 0.717) is 0 Å². The Labute approximate surface area is 266 Å². The zero-order chi connectivity index (χ0) is 33.8. The number of nitrogens with one attached hydrogen (secondary N) is 2. The molecule has 1 aromatic carbocycles. The van der Waals surface area contributed by atoms with Crippen LogP contribution < -0.4 is 26.9 Å². The van der Waals surface area contributed by atoms with E-state index >= 15 is 0 Å². The molecule has 3 aromatic rings. The number of alkyl carbamates (subject to hydrolysis) is 1. The fourth-order valence-corrected chi connectivity index (χ4v) is 4.31. The molecule has 0 aliphatic heterocycles. The molecule has 45 heavy (non-hydrogen) atoms. The first-order chi connectivity index (χ1) is 20.9. The molecule has 15 nitrogen and oxygen atoms in total. The van der Waals surface area contributed by atoms with Gasteiger partial charge in [-0.1, -0.05) is 50.9 Å². The van der Waals surface area contributed by atoms with Gasteiger partial charge in [0.25, 0.3) is 11.1 Å². The summed E-state index contributed by atoms with van der Waals surface area (Å²) in [5.74, 6) is -1.75. The highest BCUT2D eigenvalue weighted by molar-refractivity contribution is 6.37. The van der Waals surface area contributed by atoms with Crippen molar-refractivity contribution in [2.75, 3.05) is 0 Å². The van der Waals surface area contributed by atoms with Crippen LogP contribution in [0.2, 0.25) is 10.0 Å². The first kappa shape index (κ1) is 34.8. The number of aromatic nitrogens is 5. The van der Waals surface area contributed by atoms with Crippen LogP contribution in [0.15, 0.2) is 32.6 Å². The van der Waals surface area contributed by atoms with Crippen LogP contribution in [0.1, 0.15) is 65.6 Å². The predicted molar refractivity (Wildman–Crippen MR) is 162 cm³/mol. The quantitative estimate of drug-likeness (QED) is 0.317. The number of nitriles is 1. The summed E-state index contributed by atoms with van der Waals surface area (Å²) >= 11 is 12.8. The Bertz CT molecular complexity index is 1810. The lowest BCUT2D eigenvalue weighted by molar-refractivity contribution is -0.151. The number of esters is 1. The third-order valence-electron chi connectivity index (χ3n) is 5.89. The Kier molecular flexibility index (Phi) is 10.8. The van der Waals surface area contributed by atoms with Crippen molar-refractivity contribution in [3.05, 3.63) is 70.7 Å². The lowest BCUT2D eigenvalue weighted by atomic mass is 10.1. The maximum absolute atomic E-state index is 13.1. The first-order valence-corrected chi connectivity index (χ1v) is 14.3. The molecule has 0 bridgehead atoms. The summed E-state index contributed by atoms with van der Waals surface area (Å²) in [5, 5.41) is 19.2. The molecule has 0 aliphatic carbocycles. The Hall–Kier alpha value is -4.68. The molecule has 0 fully saturated rings. The van der Waals surface area contributed by atoms with Crippen molar-refractivity contribution < 1.29 is 23.8 Å². The van der Waals surface area contributed by atoms with Crippen LogP contribution in [0.3, 0.4) is 0 Å². The number of halogens is 2. The molecule has 0 unspecified atom stereocenters. The minimum absolute atomic E-state index is 0.0162. The van der Waals surface area contributed by atoms with Crippen LogP contribution in [0, 0.1) is 17.2 Å². The van der Waals surface area contributed by atoms with Crippen LogP contribution >= 0.6 is 23.2 Å². The van der Waals surface area contributed by atoms with E-state index in [1.54, 1.807) is 54.5 Å². The van der Waals surface area contributed by atoms with Crippen LogP contribution in [-0.2, 0) is 21.0 Å². The highest BCUT2D eigenvalue weighted by Crippen LogP contribution is 2.37. The molecule has 17 heteroatoms. The molecular weight excluding hydrogens is 633 g/mol. The molecule has 0 spiro atoms. The second-order valence-corrected chi connectivity index (χ2v) is 12.1. The van der Waals surface area contributed by atoms with E-state index in [2.05, 4.69) is 15.5 Å². The molecule has 0 aliphatic rings. The second-order valence-electron chi connectivity index (χ2n) is 11.3. The summed E-state index contributed by atoms with van der Waals surface area (Å²) < 4.78 is 18.0. The number of carbonyl (C=O) groups excluding carboxylic acids is 2. The summed E-state index contributed by atoms with van der Waals surface area (Å²) in [7, 11) is 0. The lowest BCUT2D eigenvalue weighted by Crippen LogP contribution is -2.47. The standard InChI is InChI=1S/C28H31Cl2N7O8/c1-13(2)16-10-20(35-36(24(16)39)12-43-25(40)21(14(3)4)32-27(42)45-28(5,6)7)44-22-17(29)8-15(9-18(22)30)37-26(41)33-23(38)19(11-31)34-37/h8-10,13-14,21H,12H2,1-7H3,(H,32,42)(H,33,38,41)/t21-/m0/s1. The third kappa shape index (κ3) is 8.70. The Morgan fingerprint density at radius 3 is 2.22 bits per heavy atom. The largest absolute Gasteiger partial charge is 0.444 e. The zero-order valence-electron chi connectivity index (χ0n) is 25.4. The molecule has 2 N–H and O–H groups in total. The smallest absolute Gasteiger partial charge is 0.408 e. The van der Waals surface area contributed by atoms with Gasteiger partial charge >= 0.3 is 17.8 Å². The number of aromatic amines is 1. The van der Waals surface area contributed by atoms with Gasteiger partial charge in [0.15, 0.2) is 12.5 Å². The zero-order valence-corrected chi connectivity index (χ0v) is 26.9. The van der Waals surface area contributed by atoms with Crippen LogP contribution in [0.4, 0.5) is 4.79 Å². The van der Waals surface area contributed by atoms with E-state index in [0.717, 1.165) is 9.36 Å². The van der Waals surface area contributed by atoms with Gasteiger partial charge < -0.3 is 19.5 Å². The summed E-state index contributed by atoms with van der Waals surface area (Å²) in [5.41, 5.74) is -3.52. The number of hydrogen-bond donors (Lipinski definition) is 2. The third-order valence-corrected chi connectivity index (χ3v) is 6.45. The maximum atomic E-state index is 13.1. The van der Waals surface area contributed by atoms with Crippen molar-refractivity contribution in [3.8, 4) is 23.4 Å². The van der Waals surface area contributed by atoms with Gasteiger partial charge in [-0.3, -0.25) is 14.6 Å². The minimum Gasteiger partial charge on any atom is -0.444 e. The Balaban J connectivity index is 1.91. The number of rotatable bonds is 9. The van der Waals surface area contributed by atoms with Gasteiger partial charge in [0.2, 0.25) is 11.6 Å². The van der Waals surface area contributed by atoms with Crippen molar-refractivity contribution in [1.29, 1.82) is 5.26 Å². The molecule has 2 aromatic heterocycles. The molecule has 3 rings (SSSR count). The fourth-order valence-electron chi connectivity index (χ4n) is 3.75. The summed E-state index contributed by atoms with van der Waals surface area (Å²) in [6.07, 6.45) is -0.808. The Morgan fingerprint density at radius 1 is 1.07 bits per heavy atom. The molecule has 2 heterocycles. The molecular formula is C28H31Cl2N7O8. The van der Waals surface area contributed by atoms with Gasteiger partial charge in [-0.15, -0.1) is 10.2 Å². The Morgan fingerprint density at radius 2 is 1.69 bits per heavy atom. The van der Waals surface area contributed by atoms with E-state index in [4.69, 9.17) is 42.7 Å². The monoisotopic (exact) mass is 663 g/mol. The minimum atomic E-state index is -1.08. The molecule has 0 saturated heterocycles. The number of benzene rings is 1. The maximum Gasteiger partial charge on any atom is 0.408 e. The highest BCUT2D eigenvalue weighted by atomic mass is 35.5.